The van der Waals surface area contributed by atoms with Crippen LogP contribution in [0.1, 0.15) is 42.9 Å². The van der Waals surface area contributed by atoms with Crippen molar-refractivity contribution < 1.29 is 4.79 Å². The third-order valence-electron chi connectivity index (χ3n) is 6.15. The molecule has 30 heavy (non-hydrogen) atoms. The van der Waals surface area contributed by atoms with Gasteiger partial charge in [0.05, 0.1) is 17.9 Å². The highest BCUT2D eigenvalue weighted by Crippen LogP contribution is 2.31. The van der Waals surface area contributed by atoms with E-state index in [0.29, 0.717) is 6.04 Å². The number of anilines is 1. The van der Waals surface area contributed by atoms with Gasteiger partial charge in [-0.25, -0.2) is 9.36 Å². The summed E-state index contributed by atoms with van der Waals surface area (Å²) in [5.74, 6) is 1.18. The van der Waals surface area contributed by atoms with Crippen molar-refractivity contribution in [3.63, 3.8) is 0 Å². The predicted molar refractivity (Wildman–Crippen MR) is 115 cm³/mol. The molecule has 1 aromatic carbocycles. The summed E-state index contributed by atoms with van der Waals surface area (Å²) < 4.78 is 3.96. The highest BCUT2D eigenvalue weighted by molar-refractivity contribution is 5.93. The van der Waals surface area contributed by atoms with E-state index in [2.05, 4.69) is 45.5 Å². The lowest BCUT2D eigenvalue weighted by Gasteiger charge is -2.33. The van der Waals surface area contributed by atoms with Crippen LogP contribution < -0.4 is 5.32 Å². The Morgan fingerprint density at radius 2 is 1.93 bits per heavy atom. The number of benzene rings is 1. The SMILES string of the molecule is Cc1ccc(-n2cccn2)c(CN2CCC(n3nccc3NC(=O)C3CC3)CC2)c1. The first-order valence-electron chi connectivity index (χ1n) is 10.8. The summed E-state index contributed by atoms with van der Waals surface area (Å²) >= 11 is 0. The van der Waals surface area contributed by atoms with Gasteiger partial charge in [0, 0.05) is 44.0 Å². The number of nitrogens with one attached hydrogen (secondary N) is 1. The number of carbonyl (C=O) groups is 1. The first-order chi connectivity index (χ1) is 14.7. The van der Waals surface area contributed by atoms with E-state index in [1.807, 2.05) is 33.9 Å². The number of carbonyl (C=O) groups excluding carboxylic acids is 1. The molecule has 1 aliphatic heterocycles. The Morgan fingerprint density at radius 3 is 2.67 bits per heavy atom. The first kappa shape index (κ1) is 19.1. The third kappa shape index (κ3) is 4.03. The van der Waals surface area contributed by atoms with E-state index in [-0.39, 0.29) is 11.8 Å². The number of aryl methyl sites for hydroxylation is 1. The van der Waals surface area contributed by atoms with E-state index in [4.69, 9.17) is 0 Å². The van der Waals surface area contributed by atoms with Gasteiger partial charge in [-0.1, -0.05) is 17.7 Å². The zero-order valence-corrected chi connectivity index (χ0v) is 17.4. The molecule has 0 spiro atoms. The number of aromatic nitrogens is 4. The molecule has 3 aromatic rings. The average Bonchev–Trinajstić information content (AvgIpc) is 3.27. The minimum atomic E-state index is 0.139. The van der Waals surface area contributed by atoms with Gasteiger partial charge in [0.1, 0.15) is 5.82 Å². The molecular weight excluding hydrogens is 376 g/mol. The summed E-state index contributed by atoms with van der Waals surface area (Å²) in [6, 6.07) is 10.8. The zero-order chi connectivity index (χ0) is 20.5. The second kappa shape index (κ2) is 8.07. The van der Waals surface area contributed by atoms with Crippen LogP contribution in [0.15, 0.2) is 48.9 Å². The number of nitrogens with zero attached hydrogens (tertiary/aromatic N) is 5. The van der Waals surface area contributed by atoms with E-state index < -0.39 is 0 Å². The van der Waals surface area contributed by atoms with Gasteiger partial charge in [-0.15, -0.1) is 0 Å². The molecule has 3 heterocycles. The molecule has 1 N–H and O–H groups in total. The largest absolute Gasteiger partial charge is 0.311 e. The maximum absolute atomic E-state index is 12.2. The fraction of sp³-hybridized carbons (Fsp3) is 0.435. The molecule has 2 aliphatic rings. The van der Waals surface area contributed by atoms with Gasteiger partial charge in [0.25, 0.3) is 0 Å². The average molecular weight is 405 g/mol. The maximum Gasteiger partial charge on any atom is 0.228 e. The van der Waals surface area contributed by atoms with Gasteiger partial charge in [0.2, 0.25) is 5.91 Å². The first-order valence-corrected chi connectivity index (χ1v) is 10.8. The van der Waals surface area contributed by atoms with Crippen LogP contribution in [-0.4, -0.2) is 43.5 Å². The van der Waals surface area contributed by atoms with Crippen molar-refractivity contribution >= 4 is 11.7 Å². The number of hydrogen-bond donors (Lipinski definition) is 1. The minimum Gasteiger partial charge on any atom is -0.311 e. The van der Waals surface area contributed by atoms with E-state index >= 15 is 0 Å². The third-order valence-corrected chi connectivity index (χ3v) is 6.15. The minimum absolute atomic E-state index is 0.139. The zero-order valence-electron chi connectivity index (χ0n) is 17.4. The molecule has 5 rings (SSSR count). The van der Waals surface area contributed by atoms with E-state index in [0.717, 1.165) is 56.8 Å². The topological polar surface area (TPSA) is 68.0 Å². The Kier molecular flexibility index (Phi) is 5.12. The molecule has 1 saturated carbocycles. The normalized spacial score (nSPS) is 17.9. The summed E-state index contributed by atoms with van der Waals surface area (Å²) in [6.45, 7) is 5.06. The van der Waals surface area contributed by atoms with Crippen LogP contribution in [0.4, 0.5) is 5.82 Å². The van der Waals surface area contributed by atoms with E-state index in [1.54, 1.807) is 6.20 Å². The number of rotatable bonds is 6. The molecule has 156 valence electrons. The van der Waals surface area contributed by atoms with Crippen molar-refractivity contribution in [3.8, 4) is 5.69 Å². The monoisotopic (exact) mass is 404 g/mol. The Labute approximate surface area is 176 Å². The molecule has 1 aliphatic carbocycles. The number of piperidine rings is 1. The van der Waals surface area contributed by atoms with Gasteiger partial charge in [-0.2, -0.15) is 10.2 Å². The van der Waals surface area contributed by atoms with Gasteiger partial charge >= 0.3 is 0 Å². The molecule has 2 fully saturated rings. The molecule has 0 radical (unpaired) electrons. The Morgan fingerprint density at radius 1 is 1.10 bits per heavy atom. The summed E-state index contributed by atoms with van der Waals surface area (Å²) in [6.07, 6.45) is 9.68. The molecule has 1 amide bonds. The van der Waals surface area contributed by atoms with Crippen molar-refractivity contribution in [2.75, 3.05) is 18.4 Å². The van der Waals surface area contributed by atoms with Crippen molar-refractivity contribution in [2.45, 2.75) is 45.2 Å². The Hall–Kier alpha value is -2.93. The van der Waals surface area contributed by atoms with Crippen molar-refractivity contribution in [2.24, 2.45) is 5.92 Å². The van der Waals surface area contributed by atoms with Crippen LogP contribution in [0, 0.1) is 12.8 Å². The highest BCUT2D eigenvalue weighted by Gasteiger charge is 2.31. The Bertz CT molecular complexity index is 1010. The maximum atomic E-state index is 12.2. The summed E-state index contributed by atoms with van der Waals surface area (Å²) in [5.41, 5.74) is 3.71. The molecule has 0 bridgehead atoms. The molecule has 7 heteroatoms. The van der Waals surface area contributed by atoms with Crippen LogP contribution >= 0.6 is 0 Å². The lowest BCUT2D eigenvalue weighted by Crippen LogP contribution is -2.35. The summed E-state index contributed by atoms with van der Waals surface area (Å²) in [4.78, 5) is 14.7. The fourth-order valence-corrected chi connectivity index (χ4v) is 4.32. The van der Waals surface area contributed by atoms with Crippen LogP contribution in [0.3, 0.4) is 0 Å². The Balaban J connectivity index is 1.24. The number of hydrogen-bond acceptors (Lipinski definition) is 4. The van der Waals surface area contributed by atoms with Crippen LogP contribution in [0.2, 0.25) is 0 Å². The van der Waals surface area contributed by atoms with Gasteiger partial charge in [-0.3, -0.25) is 9.69 Å². The van der Waals surface area contributed by atoms with Crippen LogP contribution in [0.25, 0.3) is 5.69 Å². The number of likely N-dealkylation sites (tertiary alicyclic amines) is 1. The van der Waals surface area contributed by atoms with Crippen LogP contribution in [-0.2, 0) is 11.3 Å². The second-order valence-electron chi connectivity index (χ2n) is 8.51. The molecule has 0 atom stereocenters. The number of amides is 1. The second-order valence-corrected chi connectivity index (χ2v) is 8.51. The van der Waals surface area contributed by atoms with E-state index in [9.17, 15) is 4.79 Å². The van der Waals surface area contributed by atoms with Gasteiger partial charge in [-0.05, 0) is 50.3 Å². The van der Waals surface area contributed by atoms with E-state index in [1.165, 1.54) is 11.1 Å². The van der Waals surface area contributed by atoms with Crippen molar-refractivity contribution in [1.29, 1.82) is 0 Å². The smallest absolute Gasteiger partial charge is 0.228 e. The lowest BCUT2D eigenvalue weighted by molar-refractivity contribution is -0.117. The highest BCUT2D eigenvalue weighted by atomic mass is 16.2. The quantitative estimate of drug-likeness (QED) is 0.682. The van der Waals surface area contributed by atoms with Gasteiger partial charge in [0.15, 0.2) is 0 Å². The summed E-state index contributed by atoms with van der Waals surface area (Å²) in [5, 5.41) is 12.0. The van der Waals surface area contributed by atoms with Crippen LogP contribution in [0.5, 0.6) is 0 Å². The molecular formula is C23H28N6O. The fourth-order valence-electron chi connectivity index (χ4n) is 4.32. The van der Waals surface area contributed by atoms with Crippen molar-refractivity contribution in [3.05, 3.63) is 60.0 Å². The summed E-state index contributed by atoms with van der Waals surface area (Å²) in [7, 11) is 0. The lowest BCUT2D eigenvalue weighted by atomic mass is 10.0. The van der Waals surface area contributed by atoms with Crippen molar-refractivity contribution in [1.82, 2.24) is 24.5 Å². The predicted octanol–water partition coefficient (Wildman–Crippen LogP) is 3.56. The molecule has 1 saturated heterocycles. The molecule has 7 nitrogen and oxygen atoms in total. The standard InChI is InChI=1S/C23H28N6O/c1-17-3-6-21(28-12-2-10-24-28)19(15-17)16-27-13-8-20(9-14-27)29-22(7-11-25-29)26-23(30)18-4-5-18/h2-3,6-7,10-12,15,18,20H,4-5,8-9,13-14,16H2,1H3,(H,26,30). The molecule has 2 aromatic heterocycles. The van der Waals surface area contributed by atoms with Gasteiger partial charge < -0.3 is 5.32 Å². The molecule has 0 unspecified atom stereocenters.